The maximum Gasteiger partial charge on any atom is 0.224 e. The Labute approximate surface area is 157 Å². The van der Waals surface area contributed by atoms with Crippen LogP contribution in [0.1, 0.15) is 0 Å². The topological polar surface area (TPSA) is 179 Å². The summed E-state index contributed by atoms with van der Waals surface area (Å²) in [4.78, 5) is 0. The van der Waals surface area contributed by atoms with Gasteiger partial charge in [0.2, 0.25) is 5.79 Å². The van der Waals surface area contributed by atoms with Crippen molar-refractivity contribution in [2.75, 3.05) is 19.8 Å². The molecule has 2 rings (SSSR count). The fraction of sp³-hybridized carbons (Fsp3) is 1.00. The van der Waals surface area contributed by atoms with Gasteiger partial charge in [0.25, 0.3) is 0 Å². The van der Waals surface area contributed by atoms with E-state index >= 15 is 0 Å². The summed E-state index contributed by atoms with van der Waals surface area (Å²) in [5.74, 6) is -2.19. The van der Waals surface area contributed by atoms with Gasteiger partial charge < -0.3 is 54.4 Å². The van der Waals surface area contributed by atoms with E-state index in [1.807, 2.05) is 19.6 Å². The summed E-state index contributed by atoms with van der Waals surface area (Å²) < 4.78 is 21.8. The average molecular weight is 414 g/mol. The van der Waals surface area contributed by atoms with Gasteiger partial charge in [-0.05, 0) is 19.6 Å². The molecule has 27 heavy (non-hydrogen) atoms. The van der Waals surface area contributed by atoms with E-state index in [2.05, 4.69) is 0 Å². The smallest absolute Gasteiger partial charge is 0.224 e. The van der Waals surface area contributed by atoms with Gasteiger partial charge in [-0.1, -0.05) is 0 Å². The van der Waals surface area contributed by atoms with Crippen molar-refractivity contribution in [2.45, 2.75) is 74.4 Å². The van der Waals surface area contributed by atoms with E-state index in [4.69, 9.17) is 18.6 Å². The van der Waals surface area contributed by atoms with Gasteiger partial charge in [-0.25, -0.2) is 0 Å². The standard InChI is InChI=1S/C15H30O11Si/c1-27(2,3)23-5-8-9(18)11(20)12(21)14(24-8)26-15(6-17)13(22)10(19)7(4-16)25-15/h7-14,16-22H,4-6H2,1-3H3/t7-,8-,9-,10-,11+,12-,13+,14-,15+/m1/s1. The van der Waals surface area contributed by atoms with Crippen LogP contribution in [0.5, 0.6) is 0 Å². The van der Waals surface area contributed by atoms with Crippen LogP contribution in [-0.4, -0.2) is 119 Å². The van der Waals surface area contributed by atoms with Gasteiger partial charge in [0, 0.05) is 0 Å². The highest BCUT2D eigenvalue weighted by Gasteiger charge is 2.58. The second-order valence-electron chi connectivity index (χ2n) is 7.80. The lowest BCUT2D eigenvalue weighted by Gasteiger charge is -2.44. The third kappa shape index (κ3) is 4.86. The molecule has 0 spiro atoms. The Bertz CT molecular complexity index is 489. The number of hydrogen-bond acceptors (Lipinski definition) is 11. The first-order valence-electron chi connectivity index (χ1n) is 8.73. The molecule has 2 fully saturated rings. The zero-order chi connectivity index (χ0) is 20.6. The van der Waals surface area contributed by atoms with Crippen LogP contribution in [0, 0.1) is 0 Å². The molecule has 9 atom stereocenters. The Morgan fingerprint density at radius 2 is 1.52 bits per heavy atom. The SMILES string of the molecule is C[Si](C)(C)OC[C@H]1O[C@H](O[C@]2(CO)O[C@H](CO)[C@@H](O)[C@@H]2O)[C@H](O)[C@@H](O)[C@@H]1O. The number of hydrogen-bond donors (Lipinski definition) is 7. The number of rotatable bonds is 7. The lowest BCUT2D eigenvalue weighted by Crippen LogP contribution is -2.63. The molecule has 0 unspecified atom stereocenters. The Kier molecular flexibility index (Phi) is 7.39. The van der Waals surface area contributed by atoms with Crippen LogP contribution in [-0.2, 0) is 18.6 Å². The molecule has 2 heterocycles. The summed E-state index contributed by atoms with van der Waals surface area (Å²) in [6.45, 7) is 4.11. The number of aliphatic hydroxyl groups excluding tert-OH is 7. The van der Waals surface area contributed by atoms with Crippen molar-refractivity contribution < 1.29 is 54.4 Å². The lowest BCUT2D eigenvalue weighted by atomic mass is 9.99. The van der Waals surface area contributed by atoms with Crippen molar-refractivity contribution in [3.05, 3.63) is 0 Å². The summed E-state index contributed by atoms with van der Waals surface area (Å²) >= 11 is 0. The maximum absolute atomic E-state index is 10.2. The Hall–Kier alpha value is -0.223. The van der Waals surface area contributed by atoms with E-state index in [9.17, 15) is 35.7 Å². The van der Waals surface area contributed by atoms with Gasteiger partial charge >= 0.3 is 0 Å². The van der Waals surface area contributed by atoms with Crippen LogP contribution < -0.4 is 0 Å². The van der Waals surface area contributed by atoms with Crippen molar-refractivity contribution in [1.29, 1.82) is 0 Å². The van der Waals surface area contributed by atoms with Crippen molar-refractivity contribution >= 4 is 8.32 Å². The Morgan fingerprint density at radius 1 is 0.889 bits per heavy atom. The molecule has 2 aliphatic heterocycles. The highest BCUT2D eigenvalue weighted by Crippen LogP contribution is 2.36. The minimum Gasteiger partial charge on any atom is -0.415 e. The van der Waals surface area contributed by atoms with Gasteiger partial charge in [-0.2, -0.15) is 0 Å². The van der Waals surface area contributed by atoms with Crippen molar-refractivity contribution in [1.82, 2.24) is 0 Å². The molecule has 0 radical (unpaired) electrons. The third-order valence-corrected chi connectivity index (χ3v) is 5.60. The fourth-order valence-electron chi connectivity index (χ4n) is 2.95. The number of ether oxygens (including phenoxy) is 3. The van der Waals surface area contributed by atoms with Gasteiger partial charge in [-0.15, -0.1) is 0 Å². The summed E-state index contributed by atoms with van der Waals surface area (Å²) in [6.07, 6.45) is -12.0. The van der Waals surface area contributed by atoms with E-state index in [0.717, 1.165) is 0 Å². The predicted molar refractivity (Wildman–Crippen MR) is 90.9 cm³/mol. The van der Waals surface area contributed by atoms with E-state index < -0.39 is 76.3 Å². The average Bonchev–Trinajstić information content (AvgIpc) is 2.85. The Morgan fingerprint density at radius 3 is 2.00 bits per heavy atom. The zero-order valence-electron chi connectivity index (χ0n) is 15.5. The van der Waals surface area contributed by atoms with Gasteiger partial charge in [0.15, 0.2) is 14.6 Å². The molecule has 12 heteroatoms. The van der Waals surface area contributed by atoms with E-state index in [0.29, 0.717) is 0 Å². The van der Waals surface area contributed by atoms with Crippen molar-refractivity contribution in [2.24, 2.45) is 0 Å². The van der Waals surface area contributed by atoms with Crippen LogP contribution in [0.2, 0.25) is 19.6 Å². The summed E-state index contributed by atoms with van der Waals surface area (Å²) in [6, 6.07) is 0. The lowest BCUT2D eigenvalue weighted by molar-refractivity contribution is -0.383. The maximum atomic E-state index is 10.2. The van der Waals surface area contributed by atoms with Crippen LogP contribution in [0.15, 0.2) is 0 Å². The first-order chi connectivity index (χ1) is 12.5. The van der Waals surface area contributed by atoms with Gasteiger partial charge in [-0.3, -0.25) is 0 Å². The summed E-state index contributed by atoms with van der Waals surface area (Å²) in [5.41, 5.74) is 0. The van der Waals surface area contributed by atoms with Crippen LogP contribution >= 0.6 is 0 Å². The Balaban J connectivity index is 2.15. The van der Waals surface area contributed by atoms with Crippen LogP contribution in [0.4, 0.5) is 0 Å². The molecule has 0 amide bonds. The van der Waals surface area contributed by atoms with Gasteiger partial charge in [0.05, 0.1) is 13.2 Å². The van der Waals surface area contributed by atoms with Crippen LogP contribution in [0.25, 0.3) is 0 Å². The largest absolute Gasteiger partial charge is 0.415 e. The molecular weight excluding hydrogens is 384 g/mol. The monoisotopic (exact) mass is 414 g/mol. The van der Waals surface area contributed by atoms with Crippen molar-refractivity contribution in [3.63, 3.8) is 0 Å². The molecule has 0 bridgehead atoms. The van der Waals surface area contributed by atoms with Crippen molar-refractivity contribution in [3.8, 4) is 0 Å². The molecule has 0 aliphatic carbocycles. The molecule has 0 saturated carbocycles. The second-order valence-corrected chi connectivity index (χ2v) is 12.3. The fourth-order valence-corrected chi connectivity index (χ4v) is 3.61. The molecule has 11 nitrogen and oxygen atoms in total. The third-order valence-electron chi connectivity index (χ3n) is 4.57. The van der Waals surface area contributed by atoms with Crippen LogP contribution in [0.3, 0.4) is 0 Å². The molecule has 2 saturated heterocycles. The predicted octanol–water partition coefficient (Wildman–Crippen LogP) is -3.54. The normalized spacial score (nSPS) is 46.0. The van der Waals surface area contributed by atoms with E-state index in [-0.39, 0.29) is 6.61 Å². The van der Waals surface area contributed by atoms with E-state index in [1.165, 1.54) is 0 Å². The molecule has 2 aliphatic rings. The summed E-state index contributed by atoms with van der Waals surface area (Å²) in [5, 5.41) is 69.3. The minimum absolute atomic E-state index is 0.0715. The first-order valence-corrected chi connectivity index (χ1v) is 12.1. The molecule has 0 aromatic rings. The first kappa shape index (κ1) is 23.1. The van der Waals surface area contributed by atoms with E-state index in [1.54, 1.807) is 0 Å². The zero-order valence-corrected chi connectivity index (χ0v) is 16.5. The molecule has 0 aromatic heterocycles. The quantitative estimate of drug-likeness (QED) is 0.205. The highest BCUT2D eigenvalue weighted by atomic mass is 28.4. The highest BCUT2D eigenvalue weighted by molar-refractivity contribution is 6.69. The minimum atomic E-state index is -2.19. The molecule has 160 valence electrons. The molecule has 7 N–H and O–H groups in total. The summed E-state index contributed by atoms with van der Waals surface area (Å²) in [7, 11) is -1.97. The second kappa shape index (κ2) is 8.65. The van der Waals surface area contributed by atoms with Gasteiger partial charge in [0.1, 0.15) is 49.3 Å². The molecule has 0 aromatic carbocycles. The number of aliphatic hydroxyl groups is 7. The molecular formula is C15H30O11Si.